The van der Waals surface area contributed by atoms with Gasteiger partial charge in [-0.1, -0.05) is 63.5 Å². The summed E-state index contributed by atoms with van der Waals surface area (Å²) in [6, 6.07) is 5.98. The lowest BCUT2D eigenvalue weighted by atomic mass is 9.79. The molecule has 1 aromatic carbocycles. The molecule has 0 fully saturated rings. The Labute approximate surface area is 155 Å². The number of aryl methyl sites for hydroxylation is 1. The fraction of sp³-hybridized carbons (Fsp3) is 0.571. The van der Waals surface area contributed by atoms with E-state index in [1.807, 2.05) is 32.0 Å². The number of rotatable bonds is 8. The molecule has 0 amide bonds. The second-order valence-electron chi connectivity index (χ2n) is 6.98. The highest BCUT2D eigenvalue weighted by atomic mass is 79.9. The molecule has 0 saturated carbocycles. The van der Waals surface area contributed by atoms with Crippen LogP contribution in [0.4, 0.5) is 0 Å². The molecule has 2 unspecified atom stereocenters. The van der Waals surface area contributed by atoms with Gasteiger partial charge in [0.15, 0.2) is 5.78 Å². The van der Waals surface area contributed by atoms with Gasteiger partial charge in [-0.2, -0.15) is 0 Å². The van der Waals surface area contributed by atoms with Gasteiger partial charge >= 0.3 is 0 Å². The molecule has 0 saturated heterocycles. The Balaban J connectivity index is 3.47. The van der Waals surface area contributed by atoms with Crippen molar-refractivity contribution >= 4 is 27.3 Å². The fourth-order valence-corrected chi connectivity index (χ4v) is 3.29. The second kappa shape index (κ2) is 9.41. The molecule has 1 aromatic rings. The van der Waals surface area contributed by atoms with Crippen molar-refractivity contribution in [2.45, 2.75) is 60.8 Å². The van der Waals surface area contributed by atoms with Crippen LogP contribution in [0.3, 0.4) is 0 Å². The smallest absolute Gasteiger partial charge is 0.169 e. The number of ketones is 1. The number of aliphatic hydroxyl groups excluding tert-OH is 1. The van der Waals surface area contributed by atoms with Crippen molar-refractivity contribution in [2.24, 2.45) is 17.8 Å². The molecule has 1 rings (SSSR count). The molecular formula is C21H31BrO2. The number of hydrogen-bond donors (Lipinski definition) is 1. The Morgan fingerprint density at radius 1 is 1.17 bits per heavy atom. The van der Waals surface area contributed by atoms with E-state index in [0.717, 1.165) is 28.4 Å². The number of Topliss-reactive ketones (excluding diaryl/α,β-unsaturated/α-hetero) is 1. The molecular weight excluding hydrogens is 364 g/mol. The first-order valence-corrected chi connectivity index (χ1v) is 9.78. The molecule has 2 atom stereocenters. The second-order valence-corrected chi connectivity index (χ2v) is 7.90. The summed E-state index contributed by atoms with van der Waals surface area (Å²) in [5, 5.41) is 10.7. The average Bonchev–Trinajstić information content (AvgIpc) is 2.54. The molecule has 24 heavy (non-hydrogen) atoms. The summed E-state index contributed by atoms with van der Waals surface area (Å²) in [6.07, 6.45) is 2.17. The van der Waals surface area contributed by atoms with Crippen molar-refractivity contribution in [2.75, 3.05) is 0 Å². The lowest BCUT2D eigenvalue weighted by Gasteiger charge is -2.25. The summed E-state index contributed by atoms with van der Waals surface area (Å²) in [5.74, 6) is 0.835. The highest BCUT2D eigenvalue weighted by molar-refractivity contribution is 9.10. The zero-order valence-corrected chi connectivity index (χ0v) is 17.4. The maximum absolute atomic E-state index is 13.3. The van der Waals surface area contributed by atoms with Gasteiger partial charge in [0, 0.05) is 16.8 Å². The van der Waals surface area contributed by atoms with E-state index in [0.29, 0.717) is 17.9 Å². The average molecular weight is 395 g/mol. The molecule has 0 spiro atoms. The molecule has 1 N–H and O–H groups in total. The van der Waals surface area contributed by atoms with Crippen molar-refractivity contribution < 1.29 is 9.90 Å². The summed E-state index contributed by atoms with van der Waals surface area (Å²) in [7, 11) is 0. The summed E-state index contributed by atoms with van der Waals surface area (Å²) in [6.45, 7) is 12.5. The topological polar surface area (TPSA) is 37.3 Å². The van der Waals surface area contributed by atoms with Crippen molar-refractivity contribution in [1.29, 1.82) is 0 Å². The van der Waals surface area contributed by atoms with E-state index in [9.17, 15) is 9.90 Å². The first-order valence-electron chi connectivity index (χ1n) is 8.99. The zero-order valence-electron chi connectivity index (χ0n) is 15.8. The van der Waals surface area contributed by atoms with Crippen LogP contribution in [0.2, 0.25) is 0 Å². The van der Waals surface area contributed by atoms with Crippen LogP contribution in [0.5, 0.6) is 0 Å². The molecule has 0 aliphatic rings. The lowest BCUT2D eigenvalue weighted by Crippen LogP contribution is -2.25. The maximum atomic E-state index is 13.3. The number of carbonyl (C=O) groups excluding carboxylic acids is 1. The molecule has 0 bridgehead atoms. The van der Waals surface area contributed by atoms with Gasteiger partial charge in [0.2, 0.25) is 0 Å². The molecule has 134 valence electrons. The molecule has 0 aliphatic heterocycles. The standard InChI is InChI=1S/C21H31BrO2/c1-7-9-19(23)20(21(24)15(6)14(5)13(3)4)18-12-17(22)11-10-16(18)8-2/h10-15,23H,7-9H2,1-6H3/b20-19+. The van der Waals surface area contributed by atoms with E-state index in [2.05, 4.69) is 43.6 Å². The highest BCUT2D eigenvalue weighted by Crippen LogP contribution is 2.33. The summed E-state index contributed by atoms with van der Waals surface area (Å²) in [5.41, 5.74) is 2.47. The third-order valence-electron chi connectivity index (χ3n) is 5.00. The molecule has 3 heteroatoms. The van der Waals surface area contributed by atoms with Crippen molar-refractivity contribution in [3.63, 3.8) is 0 Å². The fourth-order valence-electron chi connectivity index (χ4n) is 2.93. The molecule has 2 nitrogen and oxygen atoms in total. The zero-order chi connectivity index (χ0) is 18.4. The van der Waals surface area contributed by atoms with Gasteiger partial charge in [0.1, 0.15) is 5.76 Å². The third kappa shape index (κ3) is 4.95. The van der Waals surface area contributed by atoms with E-state index < -0.39 is 0 Å². The van der Waals surface area contributed by atoms with Gasteiger partial charge in [-0.25, -0.2) is 0 Å². The Morgan fingerprint density at radius 2 is 1.79 bits per heavy atom. The van der Waals surface area contributed by atoms with Crippen LogP contribution in [0.1, 0.15) is 65.5 Å². The summed E-state index contributed by atoms with van der Waals surface area (Å²) in [4.78, 5) is 13.3. The van der Waals surface area contributed by atoms with Crippen LogP contribution in [-0.2, 0) is 11.2 Å². The summed E-state index contributed by atoms with van der Waals surface area (Å²) < 4.78 is 0.925. The van der Waals surface area contributed by atoms with Crippen molar-refractivity contribution in [3.05, 3.63) is 39.6 Å². The predicted molar refractivity (Wildman–Crippen MR) is 106 cm³/mol. The number of benzene rings is 1. The number of halogens is 1. The number of carbonyl (C=O) groups is 1. The quantitative estimate of drug-likeness (QED) is 0.399. The van der Waals surface area contributed by atoms with E-state index in [-0.39, 0.29) is 23.4 Å². The highest BCUT2D eigenvalue weighted by Gasteiger charge is 2.29. The minimum Gasteiger partial charge on any atom is -0.512 e. The number of aliphatic hydroxyl groups is 1. The van der Waals surface area contributed by atoms with Crippen LogP contribution < -0.4 is 0 Å². The molecule has 0 radical (unpaired) electrons. The van der Waals surface area contributed by atoms with E-state index in [1.54, 1.807) is 0 Å². The monoisotopic (exact) mass is 394 g/mol. The van der Waals surface area contributed by atoms with Gasteiger partial charge in [-0.05, 0) is 47.9 Å². The third-order valence-corrected chi connectivity index (χ3v) is 5.49. The van der Waals surface area contributed by atoms with Gasteiger partial charge in [-0.3, -0.25) is 4.79 Å². The van der Waals surface area contributed by atoms with Crippen LogP contribution in [0, 0.1) is 17.8 Å². The van der Waals surface area contributed by atoms with E-state index in [4.69, 9.17) is 0 Å². The van der Waals surface area contributed by atoms with E-state index >= 15 is 0 Å². The molecule has 0 aliphatic carbocycles. The van der Waals surface area contributed by atoms with Gasteiger partial charge in [-0.15, -0.1) is 0 Å². The predicted octanol–water partition coefficient (Wildman–Crippen LogP) is 6.58. The Kier molecular flexibility index (Phi) is 8.21. The van der Waals surface area contributed by atoms with Crippen LogP contribution >= 0.6 is 15.9 Å². The van der Waals surface area contributed by atoms with Crippen LogP contribution in [0.25, 0.3) is 5.57 Å². The Hall–Kier alpha value is -1.09. The maximum Gasteiger partial charge on any atom is 0.169 e. The van der Waals surface area contributed by atoms with Crippen molar-refractivity contribution in [1.82, 2.24) is 0 Å². The minimum atomic E-state index is -0.123. The van der Waals surface area contributed by atoms with Crippen LogP contribution in [0.15, 0.2) is 28.4 Å². The summed E-state index contributed by atoms with van der Waals surface area (Å²) >= 11 is 3.50. The number of hydrogen-bond acceptors (Lipinski definition) is 2. The van der Waals surface area contributed by atoms with Gasteiger partial charge in [0.25, 0.3) is 0 Å². The lowest BCUT2D eigenvalue weighted by molar-refractivity contribution is -0.118. The number of allylic oxidation sites excluding steroid dienone is 2. The SMILES string of the molecule is CCC/C(O)=C(\C(=O)C(C)C(C)C(C)C)c1cc(Br)ccc1CC. The van der Waals surface area contributed by atoms with Crippen LogP contribution in [-0.4, -0.2) is 10.9 Å². The van der Waals surface area contributed by atoms with E-state index in [1.165, 1.54) is 0 Å². The Morgan fingerprint density at radius 3 is 2.29 bits per heavy atom. The Bertz CT molecular complexity index is 602. The largest absolute Gasteiger partial charge is 0.512 e. The molecule has 0 heterocycles. The molecule has 0 aromatic heterocycles. The van der Waals surface area contributed by atoms with Gasteiger partial charge in [0.05, 0.1) is 5.57 Å². The van der Waals surface area contributed by atoms with Gasteiger partial charge < -0.3 is 5.11 Å². The first-order chi connectivity index (χ1) is 11.2. The van der Waals surface area contributed by atoms with Crippen molar-refractivity contribution in [3.8, 4) is 0 Å². The minimum absolute atomic E-state index is 0.0509. The first kappa shape index (κ1) is 21.0. The normalized spacial score (nSPS) is 15.2.